The molecule has 17 heteroatoms. The summed E-state index contributed by atoms with van der Waals surface area (Å²) in [6, 6.07) is 2.63. The van der Waals surface area contributed by atoms with Gasteiger partial charge in [0, 0.05) is 46.0 Å². The third kappa shape index (κ3) is 8.79. The first-order chi connectivity index (χ1) is 18.7. The minimum Gasteiger partial charge on any atom is -0.477 e. The molecule has 4 N–H and O–H groups in total. The summed E-state index contributed by atoms with van der Waals surface area (Å²) in [6.45, 7) is 0. The van der Waals surface area contributed by atoms with Gasteiger partial charge in [0.25, 0.3) is 11.8 Å². The minimum atomic E-state index is -1.19. The largest absolute Gasteiger partial charge is 0.477 e. The van der Waals surface area contributed by atoms with Crippen molar-refractivity contribution in [3.05, 3.63) is 71.8 Å². The second-order valence-corrected chi connectivity index (χ2v) is 7.04. The minimum absolute atomic E-state index is 0.0248. The van der Waals surface area contributed by atoms with Crippen LogP contribution in [0.4, 0.5) is 11.9 Å². The van der Waals surface area contributed by atoms with Gasteiger partial charge in [-0.05, 0) is 12.1 Å². The summed E-state index contributed by atoms with van der Waals surface area (Å²) in [6.07, 6.45) is 8.50. The van der Waals surface area contributed by atoms with Crippen LogP contribution in [0.3, 0.4) is 0 Å². The van der Waals surface area contributed by atoms with Crippen molar-refractivity contribution in [1.29, 1.82) is 0 Å². The van der Waals surface area contributed by atoms with Crippen LogP contribution >= 0.6 is 0 Å². The van der Waals surface area contributed by atoms with Gasteiger partial charge in [0.1, 0.15) is 0 Å². The Morgan fingerprint density at radius 2 is 1.23 bits per heavy atom. The number of esters is 1. The SMILES string of the molecule is CO.COC(=O)c1ccnc(NC(=O)c2cnn(C)c2)n1.Cn1cc(C(=O)Nc2nccc(C(=O)O)n2)cn1. The van der Waals surface area contributed by atoms with Gasteiger partial charge in [0.05, 0.1) is 30.6 Å². The van der Waals surface area contributed by atoms with Crippen molar-refractivity contribution < 1.29 is 34.1 Å². The van der Waals surface area contributed by atoms with E-state index in [0.717, 1.165) is 7.11 Å². The Hall–Kier alpha value is -5.58. The van der Waals surface area contributed by atoms with Crippen molar-refractivity contribution in [3.63, 3.8) is 0 Å². The number of amides is 2. The summed E-state index contributed by atoms with van der Waals surface area (Å²) in [5.41, 5.74) is 0.585. The molecule has 204 valence electrons. The van der Waals surface area contributed by atoms with Gasteiger partial charge < -0.3 is 14.9 Å². The van der Waals surface area contributed by atoms with Crippen molar-refractivity contribution in [2.75, 3.05) is 24.9 Å². The predicted molar refractivity (Wildman–Crippen MR) is 133 cm³/mol. The maximum absolute atomic E-state index is 11.8. The van der Waals surface area contributed by atoms with E-state index >= 15 is 0 Å². The number of carboxylic acids is 1. The molecule has 0 radical (unpaired) electrons. The molecule has 4 aromatic rings. The molecule has 0 saturated carbocycles. The van der Waals surface area contributed by atoms with Crippen LogP contribution < -0.4 is 10.6 Å². The number of carboxylic acid groups (broad SMARTS) is 1. The number of nitrogens with zero attached hydrogens (tertiary/aromatic N) is 8. The van der Waals surface area contributed by atoms with Crippen LogP contribution in [0.15, 0.2) is 49.3 Å². The molecule has 0 saturated heterocycles. The van der Waals surface area contributed by atoms with E-state index in [9.17, 15) is 19.2 Å². The smallest absolute Gasteiger partial charge is 0.356 e. The number of aryl methyl sites for hydroxylation is 2. The maximum atomic E-state index is 11.8. The first kappa shape index (κ1) is 29.6. The Morgan fingerprint density at radius 3 is 1.62 bits per heavy atom. The lowest BCUT2D eigenvalue weighted by Crippen LogP contribution is -2.15. The maximum Gasteiger partial charge on any atom is 0.356 e. The van der Waals surface area contributed by atoms with Gasteiger partial charge in [-0.3, -0.25) is 29.6 Å². The standard InChI is InChI=1S/C11H11N5O3.C10H9N5O3.CH4O/c1-16-6-7(5-13-16)9(17)15-11-12-4-3-8(14-11)10(18)19-2;1-15-5-6(4-12-15)8(16)14-10-11-3-2-7(13-10)9(17)18;1-2/h3-6H,1-2H3,(H,12,14,15,17);2-5H,1H3,(H,17,18)(H,11,13,14,16);2H,1H3. The fourth-order valence-corrected chi connectivity index (χ4v) is 2.60. The number of aromatic nitrogens is 8. The number of aliphatic hydroxyl groups excluding tert-OH is 1. The van der Waals surface area contributed by atoms with Gasteiger partial charge in [-0.25, -0.2) is 29.5 Å². The van der Waals surface area contributed by atoms with Crippen LogP contribution in [-0.2, 0) is 18.8 Å². The average molecular weight is 540 g/mol. The topological polar surface area (TPSA) is 229 Å². The van der Waals surface area contributed by atoms with Crippen molar-refractivity contribution in [3.8, 4) is 0 Å². The normalized spacial score (nSPS) is 9.67. The molecule has 0 bridgehead atoms. The Balaban J connectivity index is 0.000000258. The highest BCUT2D eigenvalue weighted by Crippen LogP contribution is 2.06. The zero-order valence-electron chi connectivity index (χ0n) is 21.1. The monoisotopic (exact) mass is 540 g/mol. The molecule has 4 aromatic heterocycles. The Morgan fingerprint density at radius 1 is 0.795 bits per heavy atom. The van der Waals surface area contributed by atoms with Crippen molar-refractivity contribution in [2.45, 2.75) is 0 Å². The number of aromatic carboxylic acids is 1. The Bertz CT molecular complexity index is 1450. The molecule has 0 atom stereocenters. The first-order valence-corrected chi connectivity index (χ1v) is 10.7. The predicted octanol–water partition coefficient (Wildman–Crippen LogP) is 0.0181. The van der Waals surface area contributed by atoms with Gasteiger partial charge in [-0.1, -0.05) is 0 Å². The van der Waals surface area contributed by atoms with E-state index in [0.29, 0.717) is 11.1 Å². The van der Waals surface area contributed by atoms with Crippen LogP contribution in [0, 0.1) is 0 Å². The van der Waals surface area contributed by atoms with Gasteiger partial charge >= 0.3 is 11.9 Å². The fraction of sp³-hybridized carbons (Fsp3) is 0.182. The summed E-state index contributed by atoms with van der Waals surface area (Å²) in [7, 11) is 5.63. The molecule has 2 amide bonds. The zero-order chi connectivity index (χ0) is 28.9. The van der Waals surface area contributed by atoms with Crippen LogP contribution in [0.2, 0.25) is 0 Å². The second kappa shape index (κ2) is 14.2. The van der Waals surface area contributed by atoms with Crippen LogP contribution in [0.5, 0.6) is 0 Å². The summed E-state index contributed by atoms with van der Waals surface area (Å²) in [4.78, 5) is 60.7. The number of rotatable bonds is 6. The molecular weight excluding hydrogens is 516 g/mol. The number of hydrogen-bond donors (Lipinski definition) is 4. The van der Waals surface area contributed by atoms with Crippen molar-refractivity contribution >= 4 is 35.6 Å². The van der Waals surface area contributed by atoms with Crippen LogP contribution in [0.1, 0.15) is 41.7 Å². The Labute approximate surface area is 220 Å². The molecule has 0 aliphatic carbocycles. The average Bonchev–Trinajstić information content (AvgIpc) is 3.58. The number of nitrogens with one attached hydrogen (secondary N) is 2. The van der Waals surface area contributed by atoms with Gasteiger partial charge in [-0.2, -0.15) is 10.2 Å². The molecule has 4 heterocycles. The number of ether oxygens (including phenoxy) is 1. The third-order valence-electron chi connectivity index (χ3n) is 4.31. The molecule has 39 heavy (non-hydrogen) atoms. The number of carbonyl (C=O) groups excluding carboxylic acids is 3. The lowest BCUT2D eigenvalue weighted by atomic mass is 10.3. The molecule has 4 rings (SSSR count). The molecule has 0 aliphatic heterocycles. The fourth-order valence-electron chi connectivity index (χ4n) is 2.60. The highest BCUT2D eigenvalue weighted by atomic mass is 16.5. The van der Waals surface area contributed by atoms with Crippen LogP contribution in [-0.4, -0.2) is 87.7 Å². The molecule has 0 aromatic carbocycles. The summed E-state index contributed by atoms with van der Waals surface area (Å²) in [5.74, 6) is -2.69. The summed E-state index contributed by atoms with van der Waals surface area (Å²) in [5, 5.41) is 28.3. The number of anilines is 2. The van der Waals surface area contributed by atoms with E-state index in [1.54, 1.807) is 20.3 Å². The lowest BCUT2D eigenvalue weighted by Gasteiger charge is -2.03. The quantitative estimate of drug-likeness (QED) is 0.237. The van der Waals surface area contributed by atoms with E-state index in [2.05, 4.69) is 45.5 Å². The number of carbonyl (C=O) groups is 4. The molecular formula is C22H24N10O7. The highest BCUT2D eigenvalue weighted by molar-refractivity contribution is 6.03. The molecule has 17 nitrogen and oxygen atoms in total. The van der Waals surface area contributed by atoms with E-state index < -0.39 is 23.8 Å². The molecule has 0 spiro atoms. The van der Waals surface area contributed by atoms with E-state index in [4.69, 9.17) is 10.2 Å². The van der Waals surface area contributed by atoms with E-state index in [1.807, 2.05) is 0 Å². The van der Waals surface area contributed by atoms with Crippen LogP contribution in [0.25, 0.3) is 0 Å². The lowest BCUT2D eigenvalue weighted by molar-refractivity contribution is 0.0592. The summed E-state index contributed by atoms with van der Waals surface area (Å²) < 4.78 is 7.51. The van der Waals surface area contributed by atoms with Gasteiger partial charge in [0.15, 0.2) is 11.4 Å². The van der Waals surface area contributed by atoms with E-state index in [1.165, 1.54) is 59.6 Å². The Kier molecular flexibility index (Phi) is 10.8. The van der Waals surface area contributed by atoms with Gasteiger partial charge in [0.2, 0.25) is 11.9 Å². The van der Waals surface area contributed by atoms with Gasteiger partial charge in [-0.15, -0.1) is 0 Å². The highest BCUT2D eigenvalue weighted by Gasteiger charge is 2.13. The van der Waals surface area contributed by atoms with Crippen molar-refractivity contribution in [1.82, 2.24) is 39.5 Å². The molecule has 0 fully saturated rings. The number of aliphatic hydroxyl groups is 1. The number of methoxy groups -OCH3 is 1. The first-order valence-electron chi connectivity index (χ1n) is 10.7. The number of hydrogen-bond acceptors (Lipinski definition) is 12. The second-order valence-electron chi connectivity index (χ2n) is 7.04. The zero-order valence-corrected chi connectivity index (χ0v) is 21.1. The summed E-state index contributed by atoms with van der Waals surface area (Å²) >= 11 is 0. The molecule has 0 aliphatic rings. The third-order valence-corrected chi connectivity index (χ3v) is 4.31. The molecule has 0 unspecified atom stereocenters. The van der Waals surface area contributed by atoms with Crippen molar-refractivity contribution in [2.24, 2.45) is 14.1 Å². The van der Waals surface area contributed by atoms with E-state index in [-0.39, 0.29) is 23.3 Å².